The number of nitrogens with two attached hydrogens (primary N) is 2. The van der Waals surface area contributed by atoms with Gasteiger partial charge in [0.15, 0.2) is 12.0 Å². The molecule has 1 aliphatic rings. The van der Waals surface area contributed by atoms with Crippen LogP contribution in [0.15, 0.2) is 0 Å². The molecular formula is C6H14N2O5. The van der Waals surface area contributed by atoms with Gasteiger partial charge in [-0.25, -0.2) is 0 Å². The van der Waals surface area contributed by atoms with Crippen LogP contribution in [0.25, 0.3) is 0 Å². The van der Waals surface area contributed by atoms with Crippen LogP contribution < -0.4 is 11.5 Å². The maximum absolute atomic E-state index is 9.33. The molecule has 13 heavy (non-hydrogen) atoms. The van der Waals surface area contributed by atoms with Crippen molar-refractivity contribution in [2.75, 3.05) is 6.61 Å². The van der Waals surface area contributed by atoms with Gasteiger partial charge in [0, 0.05) is 0 Å². The quantitative estimate of drug-likeness (QED) is 0.234. The molecule has 78 valence electrons. The fourth-order valence-electron chi connectivity index (χ4n) is 1.17. The summed E-state index contributed by atoms with van der Waals surface area (Å²) in [4.78, 5) is 0. The summed E-state index contributed by atoms with van der Waals surface area (Å²) in [5.41, 5.74) is 8.23. The highest BCUT2D eigenvalue weighted by Gasteiger charge is 2.50. The Balaban J connectivity index is 2.79. The van der Waals surface area contributed by atoms with Crippen molar-refractivity contribution in [2.24, 2.45) is 11.5 Å². The Bertz CT molecular complexity index is 188. The van der Waals surface area contributed by atoms with E-state index < -0.39 is 36.9 Å². The van der Waals surface area contributed by atoms with Gasteiger partial charge >= 0.3 is 0 Å². The molecule has 7 heteroatoms. The Labute approximate surface area is 74.5 Å². The molecule has 0 aliphatic carbocycles. The predicted octanol–water partition coefficient (Wildman–Crippen LogP) is -3.97. The lowest BCUT2D eigenvalue weighted by molar-refractivity contribution is -0.271. The molecule has 7 nitrogen and oxygen atoms in total. The van der Waals surface area contributed by atoms with Gasteiger partial charge in [-0.3, -0.25) is 5.73 Å². The number of aliphatic hydroxyl groups excluding tert-OH is 3. The molecule has 1 saturated heterocycles. The molecule has 0 amide bonds. The molecule has 1 aliphatic heterocycles. The average Bonchev–Trinajstić information content (AvgIpc) is 2.09. The largest absolute Gasteiger partial charge is 0.394 e. The van der Waals surface area contributed by atoms with Crippen molar-refractivity contribution in [3.05, 3.63) is 0 Å². The molecule has 0 bridgehead atoms. The van der Waals surface area contributed by atoms with Crippen LogP contribution >= 0.6 is 0 Å². The number of rotatable bonds is 1. The summed E-state index contributed by atoms with van der Waals surface area (Å²) in [6, 6.07) is 0. The zero-order valence-electron chi connectivity index (χ0n) is 6.87. The van der Waals surface area contributed by atoms with E-state index in [1.165, 1.54) is 0 Å². The highest BCUT2D eigenvalue weighted by atomic mass is 16.6. The number of ether oxygens (including phenoxy) is 1. The average molecular weight is 194 g/mol. The van der Waals surface area contributed by atoms with E-state index in [9.17, 15) is 15.3 Å². The van der Waals surface area contributed by atoms with Crippen molar-refractivity contribution in [3.63, 3.8) is 0 Å². The fourth-order valence-corrected chi connectivity index (χ4v) is 1.17. The highest BCUT2D eigenvalue weighted by molar-refractivity contribution is 4.97. The smallest absolute Gasteiger partial charge is 0.182 e. The first-order valence-corrected chi connectivity index (χ1v) is 3.80. The van der Waals surface area contributed by atoms with E-state index in [0.29, 0.717) is 0 Å². The molecule has 0 saturated carbocycles. The summed E-state index contributed by atoms with van der Waals surface area (Å²) in [6.07, 6.45) is -5.48. The summed E-state index contributed by atoms with van der Waals surface area (Å²) in [7, 11) is 0. The van der Waals surface area contributed by atoms with Crippen molar-refractivity contribution in [2.45, 2.75) is 30.3 Å². The van der Waals surface area contributed by atoms with E-state index in [1.807, 2.05) is 0 Å². The molecular weight excluding hydrogens is 180 g/mol. The van der Waals surface area contributed by atoms with Gasteiger partial charge in [0.05, 0.1) is 6.61 Å². The van der Waals surface area contributed by atoms with Gasteiger partial charge in [-0.05, 0) is 0 Å². The molecule has 0 aromatic carbocycles. The van der Waals surface area contributed by atoms with Crippen LogP contribution in [0.4, 0.5) is 0 Å². The number of hydrogen-bond donors (Lipinski definition) is 6. The van der Waals surface area contributed by atoms with Crippen LogP contribution in [0.5, 0.6) is 0 Å². The third-order valence-corrected chi connectivity index (χ3v) is 2.14. The Morgan fingerprint density at radius 1 is 1.38 bits per heavy atom. The third-order valence-electron chi connectivity index (χ3n) is 2.14. The first-order chi connectivity index (χ1) is 5.91. The standard InChI is InChI=1S/C6H14N2O5/c7-5-6(8,12)4(11)3(10)2(1-9)13-5/h2-5,9-12H,1,7-8H2/t2-,3-,4+,5?,6-/m1/s1. The summed E-state index contributed by atoms with van der Waals surface area (Å²) in [5, 5.41) is 36.6. The minimum Gasteiger partial charge on any atom is -0.394 e. The van der Waals surface area contributed by atoms with Gasteiger partial charge in [-0.1, -0.05) is 0 Å². The Morgan fingerprint density at radius 3 is 2.38 bits per heavy atom. The molecule has 1 rings (SSSR count). The minimum atomic E-state index is -2.20. The first kappa shape index (κ1) is 10.8. The zero-order valence-corrected chi connectivity index (χ0v) is 6.87. The van der Waals surface area contributed by atoms with Crippen molar-refractivity contribution in [1.82, 2.24) is 0 Å². The summed E-state index contributed by atoms with van der Waals surface area (Å²) in [6.45, 7) is -0.512. The fraction of sp³-hybridized carbons (Fsp3) is 1.00. The molecule has 0 spiro atoms. The number of hydrogen-bond acceptors (Lipinski definition) is 7. The Hall–Kier alpha value is -0.280. The molecule has 0 aromatic heterocycles. The molecule has 0 radical (unpaired) electrons. The number of aliphatic hydroxyl groups is 4. The van der Waals surface area contributed by atoms with Gasteiger partial charge in [-0.15, -0.1) is 0 Å². The van der Waals surface area contributed by atoms with Crippen LogP contribution in [-0.2, 0) is 4.74 Å². The van der Waals surface area contributed by atoms with Crippen LogP contribution in [0.1, 0.15) is 0 Å². The van der Waals surface area contributed by atoms with Gasteiger partial charge in [0.2, 0.25) is 0 Å². The molecule has 5 atom stereocenters. The van der Waals surface area contributed by atoms with E-state index in [4.69, 9.17) is 21.3 Å². The van der Waals surface area contributed by atoms with E-state index in [-0.39, 0.29) is 0 Å². The lowest BCUT2D eigenvalue weighted by atomic mass is 9.94. The second kappa shape index (κ2) is 3.46. The molecule has 8 N–H and O–H groups in total. The third kappa shape index (κ3) is 1.67. The molecule has 1 fully saturated rings. The Kier molecular flexibility index (Phi) is 2.88. The maximum Gasteiger partial charge on any atom is 0.182 e. The van der Waals surface area contributed by atoms with Crippen LogP contribution in [0, 0.1) is 0 Å². The van der Waals surface area contributed by atoms with Gasteiger partial charge in [0.25, 0.3) is 0 Å². The topological polar surface area (TPSA) is 142 Å². The van der Waals surface area contributed by atoms with Crippen LogP contribution in [0.2, 0.25) is 0 Å². The van der Waals surface area contributed by atoms with Gasteiger partial charge in [-0.2, -0.15) is 0 Å². The monoisotopic (exact) mass is 194 g/mol. The summed E-state index contributed by atoms with van der Waals surface area (Å²) < 4.78 is 4.78. The van der Waals surface area contributed by atoms with Crippen LogP contribution in [0.3, 0.4) is 0 Å². The minimum absolute atomic E-state index is 0.512. The summed E-state index contributed by atoms with van der Waals surface area (Å²) >= 11 is 0. The summed E-state index contributed by atoms with van der Waals surface area (Å²) in [5.74, 6) is 0. The Morgan fingerprint density at radius 2 is 1.92 bits per heavy atom. The SMILES string of the molecule is NC1O[C@H](CO)[C@@H](O)[C@H](O)[C@@]1(N)O. The normalized spacial score (nSPS) is 52.2. The highest BCUT2D eigenvalue weighted by Crippen LogP contribution is 2.23. The van der Waals surface area contributed by atoms with Crippen LogP contribution in [-0.4, -0.2) is 57.3 Å². The van der Waals surface area contributed by atoms with Crippen molar-refractivity contribution < 1.29 is 25.2 Å². The van der Waals surface area contributed by atoms with Crippen molar-refractivity contribution in [3.8, 4) is 0 Å². The zero-order chi connectivity index (χ0) is 10.2. The molecule has 1 unspecified atom stereocenters. The molecule has 1 heterocycles. The lowest BCUT2D eigenvalue weighted by Crippen LogP contribution is -2.73. The van der Waals surface area contributed by atoms with Crippen molar-refractivity contribution in [1.29, 1.82) is 0 Å². The van der Waals surface area contributed by atoms with Crippen molar-refractivity contribution >= 4 is 0 Å². The van der Waals surface area contributed by atoms with Gasteiger partial charge < -0.3 is 30.9 Å². The van der Waals surface area contributed by atoms with Gasteiger partial charge in [0.1, 0.15) is 18.3 Å². The second-order valence-corrected chi connectivity index (χ2v) is 3.10. The van der Waals surface area contributed by atoms with E-state index in [0.717, 1.165) is 0 Å². The predicted molar refractivity (Wildman–Crippen MR) is 41.1 cm³/mol. The van der Waals surface area contributed by atoms with E-state index in [1.54, 1.807) is 0 Å². The molecule has 0 aromatic rings. The first-order valence-electron chi connectivity index (χ1n) is 3.80. The van der Waals surface area contributed by atoms with E-state index >= 15 is 0 Å². The lowest BCUT2D eigenvalue weighted by Gasteiger charge is -2.44. The van der Waals surface area contributed by atoms with E-state index in [2.05, 4.69) is 0 Å². The second-order valence-electron chi connectivity index (χ2n) is 3.10. The maximum atomic E-state index is 9.33.